The molecule has 0 radical (unpaired) electrons. The number of methoxy groups -OCH3 is 1. The normalized spacial score (nSPS) is 21.9. The summed E-state index contributed by atoms with van der Waals surface area (Å²) in [6.45, 7) is 4.36. The number of hydrogen-bond acceptors (Lipinski definition) is 28. The number of carbonyl (C=O) groups excluding carboxylic acids is 8. The van der Waals surface area contributed by atoms with Gasteiger partial charge in [-0.2, -0.15) is 0 Å². The van der Waals surface area contributed by atoms with E-state index in [1.54, 1.807) is 86.7 Å². The Morgan fingerprint density at radius 2 is 0.937 bits per heavy atom. The van der Waals surface area contributed by atoms with Crippen molar-refractivity contribution in [2.75, 3.05) is 32.6 Å². The lowest BCUT2D eigenvalue weighted by atomic mass is 9.80. The van der Waals surface area contributed by atoms with E-state index < -0.39 is 0 Å². The highest BCUT2D eigenvalue weighted by Crippen LogP contribution is 2.40. The maximum Gasteiger partial charge on any atom is 0.290 e. The second-order valence-corrected chi connectivity index (χ2v) is 42.3. The molecule has 4 aliphatic heterocycles. The quantitative estimate of drug-likeness (QED) is 0.0206. The lowest BCUT2D eigenvalue weighted by Crippen LogP contribution is -2.33. The molecular weight excluding hydrogens is 1850 g/mol. The van der Waals surface area contributed by atoms with Crippen LogP contribution in [-0.4, -0.2) is 140 Å². The van der Waals surface area contributed by atoms with Gasteiger partial charge in [0, 0.05) is 143 Å². The number of imide groups is 1. The van der Waals surface area contributed by atoms with Crippen LogP contribution in [0.3, 0.4) is 0 Å². The summed E-state index contributed by atoms with van der Waals surface area (Å²) in [5, 5.41) is 21.7. The van der Waals surface area contributed by atoms with Crippen molar-refractivity contribution in [2.24, 2.45) is 29.6 Å². The van der Waals surface area contributed by atoms with E-state index in [1.807, 2.05) is 12.3 Å². The van der Waals surface area contributed by atoms with E-state index in [0.29, 0.717) is 90.1 Å². The van der Waals surface area contributed by atoms with Crippen molar-refractivity contribution in [2.45, 2.75) is 205 Å². The first-order valence-electron chi connectivity index (χ1n) is 49.6. The fraction of sp³-hybridized carbons (Fsp3) is 0.363. The minimum Gasteiger partial charge on any atom is -0.496 e. The summed E-state index contributed by atoms with van der Waals surface area (Å²) < 4.78 is 5.64. The molecule has 4 saturated heterocycles. The van der Waals surface area contributed by atoms with E-state index in [2.05, 4.69) is 230 Å². The molecular formula is C113H120N16O9S4. The highest BCUT2D eigenvalue weighted by molar-refractivity contribution is 8.19. The molecule has 11 aromatic rings. The van der Waals surface area contributed by atoms with E-state index in [9.17, 15) is 38.4 Å². The molecule has 5 aromatic carbocycles. The van der Waals surface area contributed by atoms with Gasteiger partial charge in [-0.05, 0) is 303 Å². The number of ketones is 3. The van der Waals surface area contributed by atoms with Crippen LogP contribution >= 0.6 is 47.0 Å². The zero-order valence-electron chi connectivity index (χ0n) is 80.5. The van der Waals surface area contributed by atoms with Crippen LogP contribution in [0, 0.1) is 29.6 Å². The van der Waals surface area contributed by atoms with Gasteiger partial charge >= 0.3 is 0 Å². The molecule has 0 atom stereocenters. The van der Waals surface area contributed by atoms with Crippen molar-refractivity contribution in [1.82, 2.24) is 76.4 Å². The number of aromatic nitrogens is 10. The number of carbonyl (C=O) groups is 8. The molecule has 4 saturated carbocycles. The standard InChI is InChI=1S/C29H32N4O2S.C28H31N5O2S.C28H28N4O2S.C28H29N3O3S/c1-33(2)25-12-9-20(23-5-3-4-6-24(23)25)18-31-21-10-7-19(8-11-21)15-28-30-14-13-22(32-28)16-27-26(34)17-29(35)36-27;34-27-25(36-28(35)33-27)16-22-14-15-30-26(32-22)13-12-19-8-10-20(11-9-19)17-29-18-23-6-3-7-24(31-23)21-4-1-2-5-21;33-25-16-28(34)35-26(25)15-23-11-13-30-27(32-23)14-19-7-9-22(10-8-19)31-18-21-4-1-2-6-24(21)20-5-3-12-29-17-20;1-34-25-11-8-19-4-2-3-5-22(19)23(25)17-30-20-9-6-18(7-10-20)14-27-29-13-12-21(31-27)15-26-24(32)16-28(33)35-26/h3-6,9,12-14,16,19,21,31H,7-8,10-11,15,17-18H2,1-2H3;1,3-7,14-16,19-20,29H,2,8-13,17-18H2,(H,33,34,35);1-6,11-13,15,17,19,22,31H,7-10,14,16,18H2;2-5,8,11-13,15,18,20,30H,6-7,9-10,14,16-17H2,1H3/b27-16-;25-16-;2*26-15-. The maximum absolute atomic E-state index is 11.9. The maximum atomic E-state index is 11.9. The Bertz CT molecular complexity index is 6610. The van der Waals surface area contributed by atoms with Crippen molar-refractivity contribution in [1.29, 1.82) is 0 Å². The molecule has 730 valence electrons. The average molecular weight is 1970 g/mol. The minimum atomic E-state index is -0.361. The number of ether oxygens (including phenoxy) is 1. The van der Waals surface area contributed by atoms with Gasteiger partial charge in [0.15, 0.2) is 17.3 Å². The zero-order chi connectivity index (χ0) is 98.1. The molecule has 9 aliphatic rings. The van der Waals surface area contributed by atoms with Crippen LogP contribution in [-0.2, 0) is 85.4 Å². The fourth-order valence-electron chi connectivity index (χ4n) is 20.1. The van der Waals surface area contributed by atoms with Crippen molar-refractivity contribution < 1.29 is 43.1 Å². The van der Waals surface area contributed by atoms with Crippen molar-refractivity contribution in [3.63, 3.8) is 0 Å². The number of allylic oxidation sites excluding steroid dienone is 7. The Morgan fingerprint density at radius 3 is 1.45 bits per heavy atom. The van der Waals surface area contributed by atoms with Crippen molar-refractivity contribution in [3.8, 4) is 16.9 Å². The van der Waals surface area contributed by atoms with Crippen LogP contribution in [0.2, 0.25) is 0 Å². The predicted molar refractivity (Wildman–Crippen MR) is 567 cm³/mol. The number of aryl methyl sites for hydroxylation is 1. The predicted octanol–water partition coefficient (Wildman–Crippen LogP) is 20.3. The smallest absolute Gasteiger partial charge is 0.290 e. The van der Waals surface area contributed by atoms with Gasteiger partial charge in [0.2, 0.25) is 15.3 Å². The van der Waals surface area contributed by atoms with E-state index in [4.69, 9.17) is 9.72 Å². The van der Waals surface area contributed by atoms with Gasteiger partial charge in [0.1, 0.15) is 29.0 Å². The number of Topliss-reactive ketones (excluding diaryl/α,β-unsaturated/α-hetero) is 3. The monoisotopic (exact) mass is 1970 g/mol. The Balaban J connectivity index is 0.000000130. The fourth-order valence-corrected chi connectivity index (χ4v) is 23.2. The number of thioether (sulfide) groups is 4. The summed E-state index contributed by atoms with van der Waals surface area (Å²) in [5.74, 6) is 6.53. The Kier molecular flexibility index (Phi) is 35.7. The number of anilines is 1. The molecule has 5 aliphatic carbocycles. The number of amides is 2. The molecule has 0 spiro atoms. The Morgan fingerprint density at radius 1 is 0.437 bits per heavy atom. The van der Waals surface area contributed by atoms with Crippen LogP contribution in [0.1, 0.15) is 209 Å². The molecule has 2 amide bonds. The third-order valence-electron chi connectivity index (χ3n) is 27.8. The topological polar surface area (TPSA) is 338 Å². The highest BCUT2D eigenvalue weighted by Gasteiger charge is 2.33. The summed E-state index contributed by atoms with van der Waals surface area (Å²) in [4.78, 5) is 143. The first-order chi connectivity index (χ1) is 69.3. The lowest BCUT2D eigenvalue weighted by Gasteiger charge is -2.29. The van der Waals surface area contributed by atoms with Crippen molar-refractivity contribution >= 4 is 148 Å². The first-order valence-corrected chi connectivity index (χ1v) is 52.9. The van der Waals surface area contributed by atoms with Crippen LogP contribution in [0.5, 0.6) is 5.75 Å². The molecule has 25 nitrogen and oxygen atoms in total. The van der Waals surface area contributed by atoms with E-state index in [0.717, 1.165) is 241 Å². The number of nitrogens with one attached hydrogen (secondary N) is 5. The van der Waals surface area contributed by atoms with E-state index in [-0.39, 0.29) is 63.1 Å². The minimum absolute atomic E-state index is 0.0106. The number of benzene rings is 5. The van der Waals surface area contributed by atoms with Gasteiger partial charge < -0.3 is 30.9 Å². The van der Waals surface area contributed by atoms with Crippen molar-refractivity contribution in [3.05, 3.63) is 301 Å². The third-order valence-corrected chi connectivity index (χ3v) is 31.4. The van der Waals surface area contributed by atoms with Gasteiger partial charge in [0.25, 0.3) is 11.1 Å². The highest BCUT2D eigenvalue weighted by atomic mass is 32.2. The molecule has 5 N–H and O–H groups in total. The molecule has 6 aromatic heterocycles. The Hall–Kier alpha value is -12.3. The summed E-state index contributed by atoms with van der Waals surface area (Å²) in [6.07, 6.45) is 48.0. The number of rotatable bonds is 30. The van der Waals surface area contributed by atoms with Gasteiger partial charge in [0.05, 0.1) is 80.2 Å². The number of hydrogen-bond donors (Lipinski definition) is 5. The molecule has 10 heterocycles. The molecule has 8 fully saturated rings. The van der Waals surface area contributed by atoms with E-state index >= 15 is 0 Å². The second-order valence-electron chi connectivity index (χ2n) is 38.0. The zero-order valence-corrected chi connectivity index (χ0v) is 83.8. The summed E-state index contributed by atoms with van der Waals surface area (Å²) in [7, 11) is 5.92. The second kappa shape index (κ2) is 50.1. The van der Waals surface area contributed by atoms with E-state index in [1.165, 1.54) is 80.7 Å². The third kappa shape index (κ3) is 28.6. The first kappa shape index (κ1) is 101. The average Bonchev–Trinajstić information content (AvgIpc) is 1.29. The summed E-state index contributed by atoms with van der Waals surface area (Å²) in [5.41, 5.74) is 13.6. The molecule has 29 heteroatoms. The largest absolute Gasteiger partial charge is 0.496 e. The SMILES string of the molecule is CN(C)c1ccc(CNC2CCC(Cc3nccc(/C=C4\SC(=O)CC4=O)n3)CC2)c2ccccc12.COc1ccc2ccccc2c1CNC1CCC(Cc2nccc(/C=C3\SC(=O)CC3=O)n2)CC1.O=C1CC(=O)/C(=C/c2ccnc(CC3CCC(NCc4ccccc4-c4cccnc4)CC3)n2)S1.O=C1NC(=O)/C(=C/c2ccnc(CCC3CCC(CNCc4cccc(C5=CCC=C5)n4)CC3)n2)S1. The summed E-state index contributed by atoms with van der Waals surface area (Å²) in [6, 6.07) is 53.3. The molecule has 0 bridgehead atoms. The molecule has 20 rings (SSSR count). The van der Waals surface area contributed by atoms with Crippen LogP contribution in [0.25, 0.3) is 62.5 Å². The van der Waals surface area contributed by atoms with Crippen LogP contribution in [0.15, 0.2) is 227 Å². The lowest BCUT2D eigenvalue weighted by molar-refractivity contribution is -0.120. The van der Waals surface area contributed by atoms with Gasteiger partial charge in [-0.25, -0.2) is 39.9 Å². The van der Waals surface area contributed by atoms with Gasteiger partial charge in [-0.1, -0.05) is 128 Å². The number of nitrogens with zero attached hydrogens (tertiary/aromatic N) is 11. The molecule has 142 heavy (non-hydrogen) atoms. The number of pyridine rings is 2. The number of fused-ring (bicyclic) bond motifs is 2. The van der Waals surface area contributed by atoms with Crippen LogP contribution < -0.4 is 36.2 Å². The van der Waals surface area contributed by atoms with Gasteiger partial charge in [-0.3, -0.25) is 53.6 Å². The molecule has 0 unspecified atom stereocenters. The summed E-state index contributed by atoms with van der Waals surface area (Å²) >= 11 is 3.96. The van der Waals surface area contributed by atoms with Gasteiger partial charge in [-0.15, -0.1) is 0 Å². The Labute approximate surface area is 846 Å². The van der Waals surface area contributed by atoms with Crippen LogP contribution in [0.4, 0.5) is 10.5 Å².